The molecular weight excluding hydrogens is 253 g/mol. The van der Waals surface area contributed by atoms with Crippen LogP contribution in [0.25, 0.3) is 0 Å². The van der Waals surface area contributed by atoms with Crippen LogP contribution in [0.1, 0.15) is 23.6 Å². The first-order valence-electron chi connectivity index (χ1n) is 4.71. The summed E-state index contributed by atoms with van der Waals surface area (Å²) in [6.07, 6.45) is -4.36. The van der Waals surface area contributed by atoms with Gasteiger partial charge in [0.15, 0.2) is 0 Å². The average Bonchev–Trinajstić information content (AvgIpc) is 2.60. The Morgan fingerprint density at radius 2 is 2.00 bits per heavy atom. The van der Waals surface area contributed by atoms with Crippen molar-refractivity contribution in [2.24, 2.45) is 0 Å². The summed E-state index contributed by atoms with van der Waals surface area (Å²) in [6, 6.07) is 2.31. The SMILES string of the molecule is CC(=N)N(Cc1ccc(C(F)(F)F)s1)C(C)=O. The Labute approximate surface area is 100 Å². The van der Waals surface area contributed by atoms with E-state index < -0.39 is 11.1 Å². The van der Waals surface area contributed by atoms with E-state index in [9.17, 15) is 18.0 Å². The van der Waals surface area contributed by atoms with Gasteiger partial charge in [0.05, 0.1) is 12.4 Å². The van der Waals surface area contributed by atoms with Crippen LogP contribution in [0, 0.1) is 5.41 Å². The summed E-state index contributed by atoms with van der Waals surface area (Å²) in [5.41, 5.74) is 0. The number of rotatable bonds is 2. The Balaban J connectivity index is 2.85. The first-order chi connectivity index (χ1) is 7.71. The van der Waals surface area contributed by atoms with Crippen LogP contribution < -0.4 is 0 Å². The predicted molar refractivity (Wildman–Crippen MR) is 58.9 cm³/mol. The monoisotopic (exact) mass is 264 g/mol. The predicted octanol–water partition coefficient (Wildman–Crippen LogP) is 3.11. The first-order valence-corrected chi connectivity index (χ1v) is 5.52. The van der Waals surface area contributed by atoms with Gasteiger partial charge in [-0.15, -0.1) is 11.3 Å². The lowest BCUT2D eigenvalue weighted by atomic mass is 10.3. The van der Waals surface area contributed by atoms with Crippen molar-refractivity contribution in [3.63, 3.8) is 0 Å². The van der Waals surface area contributed by atoms with Gasteiger partial charge in [0.1, 0.15) is 4.88 Å². The molecule has 0 unspecified atom stereocenters. The van der Waals surface area contributed by atoms with Gasteiger partial charge in [0.2, 0.25) is 5.91 Å². The maximum atomic E-state index is 12.3. The number of nitrogens with zero attached hydrogens (tertiary/aromatic N) is 1. The number of amides is 1. The molecule has 94 valence electrons. The van der Waals surface area contributed by atoms with Crippen molar-refractivity contribution in [1.82, 2.24) is 4.90 Å². The Kier molecular flexibility index (Phi) is 3.92. The van der Waals surface area contributed by atoms with E-state index in [0.29, 0.717) is 16.2 Å². The van der Waals surface area contributed by atoms with Crippen LogP contribution in [0.5, 0.6) is 0 Å². The fraction of sp³-hybridized carbons (Fsp3) is 0.400. The molecule has 3 nitrogen and oxygen atoms in total. The van der Waals surface area contributed by atoms with E-state index in [-0.39, 0.29) is 18.3 Å². The van der Waals surface area contributed by atoms with Gasteiger partial charge in [-0.3, -0.25) is 15.1 Å². The molecule has 0 aliphatic carbocycles. The minimum Gasteiger partial charge on any atom is -0.296 e. The van der Waals surface area contributed by atoms with Gasteiger partial charge in [0, 0.05) is 11.8 Å². The zero-order chi connectivity index (χ0) is 13.2. The zero-order valence-corrected chi connectivity index (χ0v) is 10.1. The number of thiophene rings is 1. The highest BCUT2D eigenvalue weighted by Gasteiger charge is 2.32. The van der Waals surface area contributed by atoms with E-state index in [0.717, 1.165) is 11.0 Å². The molecule has 0 saturated carbocycles. The molecule has 0 aliphatic rings. The second-order valence-corrected chi connectivity index (χ2v) is 4.62. The lowest BCUT2D eigenvalue weighted by Crippen LogP contribution is -2.31. The Bertz CT molecular complexity index is 425. The van der Waals surface area contributed by atoms with E-state index in [1.165, 1.54) is 19.9 Å². The lowest BCUT2D eigenvalue weighted by molar-refractivity contribution is -0.134. The van der Waals surface area contributed by atoms with Gasteiger partial charge in [-0.25, -0.2) is 0 Å². The molecular formula is C10H11F3N2OS. The molecule has 1 aromatic rings. The Morgan fingerprint density at radius 3 is 2.35 bits per heavy atom. The largest absolute Gasteiger partial charge is 0.425 e. The number of hydrogen-bond acceptors (Lipinski definition) is 3. The van der Waals surface area contributed by atoms with E-state index in [4.69, 9.17) is 5.41 Å². The number of alkyl halides is 3. The number of carbonyl (C=O) groups excluding carboxylic acids is 1. The van der Waals surface area contributed by atoms with Crippen LogP contribution in [-0.4, -0.2) is 16.6 Å². The summed E-state index contributed by atoms with van der Waals surface area (Å²) >= 11 is 0.587. The molecule has 1 amide bonds. The van der Waals surface area contributed by atoms with Crippen LogP contribution in [-0.2, 0) is 17.5 Å². The highest BCUT2D eigenvalue weighted by atomic mass is 32.1. The second kappa shape index (κ2) is 4.87. The van der Waals surface area contributed by atoms with Crippen molar-refractivity contribution in [3.05, 3.63) is 21.9 Å². The maximum absolute atomic E-state index is 12.3. The van der Waals surface area contributed by atoms with Crippen molar-refractivity contribution in [2.45, 2.75) is 26.6 Å². The van der Waals surface area contributed by atoms with Crippen LogP contribution in [0.3, 0.4) is 0 Å². The highest BCUT2D eigenvalue weighted by Crippen LogP contribution is 2.34. The minimum absolute atomic E-state index is 0.00537. The summed E-state index contributed by atoms with van der Waals surface area (Å²) in [4.78, 5) is 12.0. The number of carbonyl (C=O) groups is 1. The molecule has 0 aliphatic heterocycles. The third kappa shape index (κ3) is 3.55. The van der Waals surface area contributed by atoms with E-state index in [2.05, 4.69) is 0 Å². The summed E-state index contributed by atoms with van der Waals surface area (Å²) in [6.45, 7) is 2.70. The van der Waals surface area contributed by atoms with Gasteiger partial charge < -0.3 is 0 Å². The van der Waals surface area contributed by atoms with Crippen LogP contribution >= 0.6 is 11.3 Å². The summed E-state index contributed by atoms with van der Waals surface area (Å²) in [5, 5.41) is 7.35. The molecule has 1 heterocycles. The normalized spacial score (nSPS) is 11.4. The molecule has 7 heteroatoms. The number of nitrogens with one attached hydrogen (secondary N) is 1. The molecule has 0 bridgehead atoms. The van der Waals surface area contributed by atoms with Crippen molar-refractivity contribution in [3.8, 4) is 0 Å². The molecule has 0 radical (unpaired) electrons. The molecule has 0 spiro atoms. The number of halogens is 3. The molecule has 1 N–H and O–H groups in total. The molecule has 0 fully saturated rings. The van der Waals surface area contributed by atoms with E-state index in [1.807, 2.05) is 0 Å². The number of amidine groups is 1. The fourth-order valence-corrected chi connectivity index (χ4v) is 2.10. The standard InChI is InChI=1S/C10H11F3N2OS/c1-6(14)15(7(2)16)5-8-3-4-9(17-8)10(11,12)13/h3-4,14H,5H2,1-2H3. The molecule has 17 heavy (non-hydrogen) atoms. The quantitative estimate of drug-likeness (QED) is 0.647. The van der Waals surface area contributed by atoms with Crippen LogP contribution in [0.15, 0.2) is 12.1 Å². The maximum Gasteiger partial charge on any atom is 0.425 e. The van der Waals surface area contributed by atoms with Crippen molar-refractivity contribution < 1.29 is 18.0 Å². The van der Waals surface area contributed by atoms with Crippen molar-refractivity contribution in [2.75, 3.05) is 0 Å². The molecule has 0 atom stereocenters. The average molecular weight is 264 g/mol. The summed E-state index contributed by atoms with van der Waals surface area (Å²) in [7, 11) is 0. The summed E-state index contributed by atoms with van der Waals surface area (Å²) in [5.74, 6) is -0.348. The minimum atomic E-state index is -4.36. The molecule has 0 aromatic carbocycles. The first kappa shape index (κ1) is 13.7. The van der Waals surface area contributed by atoms with Crippen LogP contribution in [0.2, 0.25) is 0 Å². The molecule has 0 saturated heterocycles. The van der Waals surface area contributed by atoms with Crippen LogP contribution in [0.4, 0.5) is 13.2 Å². The van der Waals surface area contributed by atoms with E-state index >= 15 is 0 Å². The van der Waals surface area contributed by atoms with Gasteiger partial charge in [-0.2, -0.15) is 13.2 Å². The second-order valence-electron chi connectivity index (χ2n) is 3.45. The zero-order valence-electron chi connectivity index (χ0n) is 9.26. The molecule has 1 rings (SSSR count). The van der Waals surface area contributed by atoms with Crippen molar-refractivity contribution in [1.29, 1.82) is 5.41 Å². The Morgan fingerprint density at radius 1 is 1.41 bits per heavy atom. The lowest BCUT2D eigenvalue weighted by Gasteiger charge is -2.18. The fourth-order valence-electron chi connectivity index (χ4n) is 1.24. The smallest absolute Gasteiger partial charge is 0.296 e. The molecule has 1 aromatic heterocycles. The third-order valence-corrected chi connectivity index (χ3v) is 3.15. The van der Waals surface area contributed by atoms with Gasteiger partial charge in [-0.05, 0) is 19.1 Å². The Hall–Kier alpha value is -1.37. The summed E-state index contributed by atoms with van der Waals surface area (Å²) < 4.78 is 37.0. The number of hydrogen-bond donors (Lipinski definition) is 1. The topological polar surface area (TPSA) is 44.2 Å². The third-order valence-electron chi connectivity index (χ3n) is 2.04. The van der Waals surface area contributed by atoms with Gasteiger partial charge >= 0.3 is 6.18 Å². The van der Waals surface area contributed by atoms with Gasteiger partial charge in [-0.1, -0.05) is 0 Å². The van der Waals surface area contributed by atoms with Gasteiger partial charge in [0.25, 0.3) is 0 Å². The highest BCUT2D eigenvalue weighted by molar-refractivity contribution is 7.12. The van der Waals surface area contributed by atoms with E-state index in [1.54, 1.807) is 0 Å². The van der Waals surface area contributed by atoms with Crippen molar-refractivity contribution >= 4 is 23.1 Å².